The van der Waals surface area contributed by atoms with E-state index in [1.54, 1.807) is 0 Å². The second-order valence-electron chi connectivity index (χ2n) is 5.26. The summed E-state index contributed by atoms with van der Waals surface area (Å²) < 4.78 is 5.33. The number of aromatic nitrogens is 4. The van der Waals surface area contributed by atoms with Gasteiger partial charge in [0.05, 0.1) is 0 Å². The van der Waals surface area contributed by atoms with Crippen molar-refractivity contribution >= 4 is 11.0 Å². The normalized spacial score (nSPS) is 14.7. The predicted octanol–water partition coefficient (Wildman–Crippen LogP) is 0.218. The van der Waals surface area contributed by atoms with Crippen LogP contribution in [0.25, 0.3) is 11.0 Å². The number of para-hydroxylation sites is 2. The number of imidazole rings is 1. The summed E-state index contributed by atoms with van der Waals surface area (Å²) in [6.07, 6.45) is 1.88. The summed E-state index contributed by atoms with van der Waals surface area (Å²) >= 11 is -0.0474. The number of halogens is 1. The van der Waals surface area contributed by atoms with Crippen LogP contribution in [0.4, 0.5) is 0 Å². The SMILES string of the molecule is CC([I-]C(C)c1nc2ccccc2n1C)c1ccnn1C. The van der Waals surface area contributed by atoms with Gasteiger partial charge in [-0.2, -0.15) is 0 Å². The number of rotatable bonds is 4. The molecule has 112 valence electrons. The van der Waals surface area contributed by atoms with E-state index in [1.807, 2.05) is 17.9 Å². The number of benzene rings is 1. The molecule has 3 rings (SSSR count). The Hall–Kier alpha value is -1.37. The molecule has 0 saturated carbocycles. The van der Waals surface area contributed by atoms with E-state index in [9.17, 15) is 0 Å². The summed E-state index contributed by atoms with van der Waals surface area (Å²) in [6.45, 7) is 4.62. The van der Waals surface area contributed by atoms with E-state index in [2.05, 4.69) is 60.9 Å². The van der Waals surface area contributed by atoms with Crippen LogP contribution in [-0.2, 0) is 14.1 Å². The first kappa shape index (κ1) is 14.6. The number of fused-ring (bicyclic) bond motifs is 1. The van der Waals surface area contributed by atoms with Crippen molar-refractivity contribution in [2.24, 2.45) is 14.1 Å². The van der Waals surface area contributed by atoms with Crippen LogP contribution in [-0.4, -0.2) is 19.3 Å². The fraction of sp³-hybridized carbons (Fsp3) is 0.375. The molecule has 0 saturated heterocycles. The molecule has 0 aliphatic carbocycles. The van der Waals surface area contributed by atoms with Gasteiger partial charge in [-0.3, -0.25) is 0 Å². The molecule has 0 radical (unpaired) electrons. The third-order valence-electron chi connectivity index (χ3n) is 3.82. The van der Waals surface area contributed by atoms with E-state index in [4.69, 9.17) is 4.98 Å². The molecular weight excluding hydrogens is 375 g/mol. The van der Waals surface area contributed by atoms with E-state index >= 15 is 0 Å². The van der Waals surface area contributed by atoms with Crippen LogP contribution in [0.5, 0.6) is 0 Å². The maximum absolute atomic E-state index is 4.84. The average molecular weight is 395 g/mol. The van der Waals surface area contributed by atoms with E-state index in [-0.39, 0.29) is 21.2 Å². The zero-order valence-electron chi connectivity index (χ0n) is 12.8. The van der Waals surface area contributed by atoms with Crippen LogP contribution in [0, 0.1) is 0 Å². The van der Waals surface area contributed by atoms with Gasteiger partial charge in [-0.1, -0.05) is 0 Å². The first-order valence-electron chi connectivity index (χ1n) is 7.09. The number of aryl methyl sites for hydroxylation is 2. The van der Waals surface area contributed by atoms with Crippen molar-refractivity contribution in [3.8, 4) is 0 Å². The average Bonchev–Trinajstić information content (AvgIpc) is 3.03. The predicted molar refractivity (Wildman–Crippen MR) is 80.8 cm³/mol. The second kappa shape index (κ2) is 5.79. The van der Waals surface area contributed by atoms with Gasteiger partial charge in [0.15, 0.2) is 0 Å². The van der Waals surface area contributed by atoms with Gasteiger partial charge in [0.25, 0.3) is 0 Å². The van der Waals surface area contributed by atoms with Crippen molar-refractivity contribution in [1.29, 1.82) is 0 Å². The molecule has 2 atom stereocenters. The van der Waals surface area contributed by atoms with Crippen LogP contribution >= 0.6 is 0 Å². The molecule has 2 unspecified atom stereocenters. The van der Waals surface area contributed by atoms with Crippen molar-refractivity contribution in [3.63, 3.8) is 0 Å². The first-order valence-corrected chi connectivity index (χ1v) is 9.58. The summed E-state index contributed by atoms with van der Waals surface area (Å²) in [4.78, 5) is 4.84. The van der Waals surface area contributed by atoms with E-state index < -0.39 is 0 Å². The molecule has 0 N–H and O–H groups in total. The van der Waals surface area contributed by atoms with Crippen molar-refractivity contribution in [2.75, 3.05) is 0 Å². The molecule has 3 aromatic rings. The first-order chi connectivity index (χ1) is 10.1. The summed E-state index contributed by atoms with van der Waals surface area (Å²) in [5.41, 5.74) is 3.64. The Bertz CT molecular complexity index is 759. The van der Waals surface area contributed by atoms with Crippen molar-refractivity contribution in [2.45, 2.75) is 21.7 Å². The monoisotopic (exact) mass is 395 g/mol. The van der Waals surface area contributed by atoms with Gasteiger partial charge in [0.2, 0.25) is 0 Å². The molecule has 21 heavy (non-hydrogen) atoms. The Balaban J connectivity index is 1.85. The van der Waals surface area contributed by atoms with Crippen LogP contribution < -0.4 is 21.2 Å². The molecule has 0 amide bonds. The Morgan fingerprint density at radius 2 is 1.81 bits per heavy atom. The molecule has 1 aromatic carbocycles. The summed E-state index contributed by atoms with van der Waals surface area (Å²) in [5, 5.41) is 4.28. The molecular formula is C16H20IN4-. The Kier molecular flexibility index (Phi) is 4.01. The molecule has 4 nitrogen and oxygen atoms in total. The van der Waals surface area contributed by atoms with Crippen LogP contribution in [0.1, 0.15) is 33.2 Å². The van der Waals surface area contributed by atoms with E-state index in [1.165, 1.54) is 17.0 Å². The maximum atomic E-state index is 4.84. The molecule has 0 fully saturated rings. The zero-order valence-corrected chi connectivity index (χ0v) is 14.9. The topological polar surface area (TPSA) is 35.6 Å². The van der Waals surface area contributed by atoms with Gasteiger partial charge in [-0.15, -0.1) is 0 Å². The number of alkyl halides is 2. The molecule has 0 aliphatic rings. The second-order valence-corrected chi connectivity index (χ2v) is 9.71. The Labute approximate surface area is 135 Å². The fourth-order valence-corrected chi connectivity index (χ4v) is 6.17. The van der Waals surface area contributed by atoms with Gasteiger partial charge < -0.3 is 0 Å². The number of hydrogen-bond donors (Lipinski definition) is 0. The van der Waals surface area contributed by atoms with Gasteiger partial charge in [-0.05, 0) is 0 Å². The quantitative estimate of drug-likeness (QED) is 0.468. The summed E-state index contributed by atoms with van der Waals surface area (Å²) in [7, 11) is 4.15. The Morgan fingerprint density at radius 3 is 2.48 bits per heavy atom. The van der Waals surface area contributed by atoms with Gasteiger partial charge in [-0.25, -0.2) is 0 Å². The summed E-state index contributed by atoms with van der Waals surface area (Å²) in [6, 6.07) is 10.5. The number of hydrogen-bond acceptors (Lipinski definition) is 2. The van der Waals surface area contributed by atoms with Crippen molar-refractivity contribution < 1.29 is 21.2 Å². The molecule has 2 aromatic heterocycles. The van der Waals surface area contributed by atoms with Crippen LogP contribution in [0.15, 0.2) is 36.5 Å². The van der Waals surface area contributed by atoms with E-state index in [0.29, 0.717) is 7.85 Å². The minimum atomic E-state index is -0.0474. The Morgan fingerprint density at radius 1 is 1.05 bits per heavy atom. The third kappa shape index (κ3) is 2.71. The molecule has 2 heterocycles. The minimum absolute atomic E-state index is 0.0474. The fourth-order valence-electron chi connectivity index (χ4n) is 2.70. The van der Waals surface area contributed by atoms with Crippen molar-refractivity contribution in [1.82, 2.24) is 19.3 Å². The molecule has 5 heteroatoms. The third-order valence-corrected chi connectivity index (χ3v) is 7.17. The van der Waals surface area contributed by atoms with Gasteiger partial charge in [0, 0.05) is 0 Å². The van der Waals surface area contributed by atoms with Crippen LogP contribution in [0.3, 0.4) is 0 Å². The van der Waals surface area contributed by atoms with E-state index in [0.717, 1.165) is 5.52 Å². The molecule has 0 spiro atoms. The standard InChI is InChI=1S/C16H20IN4/c1-11(14-9-10-18-21(14)4)17-12(2)16-19-13-7-5-6-8-15(13)20(16)3/h5-12H,1-4H3/q-1. The molecule has 0 bridgehead atoms. The summed E-state index contributed by atoms with van der Waals surface area (Å²) in [5.74, 6) is 1.21. The number of nitrogens with zero attached hydrogens (tertiary/aromatic N) is 4. The zero-order chi connectivity index (χ0) is 15.0. The van der Waals surface area contributed by atoms with Gasteiger partial charge in [0.1, 0.15) is 0 Å². The van der Waals surface area contributed by atoms with Crippen LogP contribution in [0.2, 0.25) is 0 Å². The molecule has 0 aliphatic heterocycles. The van der Waals surface area contributed by atoms with Gasteiger partial charge >= 0.3 is 135 Å². The van der Waals surface area contributed by atoms with Crippen molar-refractivity contribution in [3.05, 3.63) is 48.0 Å².